The van der Waals surface area contributed by atoms with Gasteiger partial charge in [0.05, 0.1) is 0 Å². The summed E-state index contributed by atoms with van der Waals surface area (Å²) in [7, 11) is 0. The van der Waals surface area contributed by atoms with Gasteiger partial charge in [-0.25, -0.2) is 0 Å². The molecule has 0 fully saturated rings. The largest absolute Gasteiger partial charge is 0.396 e. The van der Waals surface area contributed by atoms with Crippen LogP contribution < -0.4 is 0 Å². The summed E-state index contributed by atoms with van der Waals surface area (Å²) in [5.41, 5.74) is 9.19. The average Bonchev–Trinajstić information content (AvgIpc) is 2.72. The summed E-state index contributed by atoms with van der Waals surface area (Å²) in [4.78, 5) is 0. The SMILES string of the molecule is CCc1ccc(-c2ccc(-c3ccc(CCCO)cc3)c(CC)c2)cc1. The molecule has 0 spiro atoms. The monoisotopic (exact) mass is 344 g/mol. The number of aryl methyl sites for hydroxylation is 3. The molecular formula is C25H28O. The summed E-state index contributed by atoms with van der Waals surface area (Å²) < 4.78 is 0. The van der Waals surface area contributed by atoms with E-state index in [1.165, 1.54) is 38.9 Å². The Balaban J connectivity index is 1.88. The molecule has 0 aliphatic carbocycles. The van der Waals surface area contributed by atoms with Crippen molar-refractivity contribution in [2.75, 3.05) is 6.61 Å². The van der Waals surface area contributed by atoms with E-state index in [1.54, 1.807) is 0 Å². The molecular weight excluding hydrogens is 316 g/mol. The Kier molecular flexibility index (Phi) is 6.25. The van der Waals surface area contributed by atoms with E-state index in [9.17, 15) is 0 Å². The van der Waals surface area contributed by atoms with Crippen LogP contribution in [0.25, 0.3) is 22.3 Å². The second kappa shape index (κ2) is 8.82. The third-order valence-corrected chi connectivity index (χ3v) is 5.07. The van der Waals surface area contributed by atoms with Crippen molar-refractivity contribution < 1.29 is 5.11 Å². The lowest BCUT2D eigenvalue weighted by Crippen LogP contribution is -1.92. The van der Waals surface area contributed by atoms with Crippen molar-refractivity contribution in [3.05, 3.63) is 83.4 Å². The number of benzene rings is 3. The lowest BCUT2D eigenvalue weighted by atomic mass is 9.92. The fourth-order valence-electron chi connectivity index (χ4n) is 3.41. The Labute approximate surface area is 157 Å². The van der Waals surface area contributed by atoms with Crippen LogP contribution in [0, 0.1) is 0 Å². The predicted molar refractivity (Wildman–Crippen MR) is 111 cm³/mol. The second-order valence-corrected chi connectivity index (χ2v) is 6.80. The molecule has 0 aliphatic rings. The van der Waals surface area contributed by atoms with E-state index in [0.29, 0.717) is 0 Å². The molecule has 0 bridgehead atoms. The molecule has 0 aromatic heterocycles. The highest BCUT2D eigenvalue weighted by Gasteiger charge is 2.07. The van der Waals surface area contributed by atoms with Crippen molar-refractivity contribution in [1.82, 2.24) is 0 Å². The summed E-state index contributed by atoms with van der Waals surface area (Å²) in [5, 5.41) is 8.98. The minimum Gasteiger partial charge on any atom is -0.396 e. The molecule has 0 saturated heterocycles. The highest BCUT2D eigenvalue weighted by Crippen LogP contribution is 2.30. The highest BCUT2D eigenvalue weighted by molar-refractivity contribution is 5.74. The van der Waals surface area contributed by atoms with Crippen LogP contribution in [-0.2, 0) is 19.3 Å². The third-order valence-electron chi connectivity index (χ3n) is 5.07. The van der Waals surface area contributed by atoms with Gasteiger partial charge in [-0.1, -0.05) is 80.6 Å². The van der Waals surface area contributed by atoms with E-state index < -0.39 is 0 Å². The molecule has 26 heavy (non-hydrogen) atoms. The molecule has 0 radical (unpaired) electrons. The van der Waals surface area contributed by atoms with Gasteiger partial charge in [0.15, 0.2) is 0 Å². The topological polar surface area (TPSA) is 20.2 Å². The van der Waals surface area contributed by atoms with Gasteiger partial charge in [0, 0.05) is 6.61 Å². The number of rotatable bonds is 7. The zero-order chi connectivity index (χ0) is 18.4. The molecule has 0 saturated carbocycles. The van der Waals surface area contributed by atoms with E-state index in [4.69, 9.17) is 5.11 Å². The summed E-state index contributed by atoms with van der Waals surface area (Å²) in [6, 6.07) is 24.5. The van der Waals surface area contributed by atoms with E-state index in [0.717, 1.165) is 25.7 Å². The van der Waals surface area contributed by atoms with Crippen molar-refractivity contribution in [2.45, 2.75) is 39.5 Å². The van der Waals surface area contributed by atoms with Crippen LogP contribution in [0.2, 0.25) is 0 Å². The number of hydrogen-bond acceptors (Lipinski definition) is 1. The molecule has 0 aliphatic heterocycles. The van der Waals surface area contributed by atoms with E-state index in [-0.39, 0.29) is 6.61 Å². The van der Waals surface area contributed by atoms with Gasteiger partial charge in [-0.15, -0.1) is 0 Å². The fraction of sp³-hybridized carbons (Fsp3) is 0.280. The molecule has 0 heterocycles. The molecule has 1 N–H and O–H groups in total. The Morgan fingerprint density at radius 1 is 0.654 bits per heavy atom. The normalized spacial score (nSPS) is 10.9. The van der Waals surface area contributed by atoms with Crippen LogP contribution >= 0.6 is 0 Å². The van der Waals surface area contributed by atoms with Gasteiger partial charge in [-0.05, 0) is 64.6 Å². The van der Waals surface area contributed by atoms with Crippen LogP contribution in [0.3, 0.4) is 0 Å². The van der Waals surface area contributed by atoms with Gasteiger partial charge in [-0.2, -0.15) is 0 Å². The fourth-order valence-corrected chi connectivity index (χ4v) is 3.41. The third kappa shape index (κ3) is 4.23. The first kappa shape index (κ1) is 18.4. The molecule has 3 aromatic carbocycles. The van der Waals surface area contributed by atoms with Crippen LogP contribution in [0.4, 0.5) is 0 Å². The van der Waals surface area contributed by atoms with Gasteiger partial charge >= 0.3 is 0 Å². The molecule has 1 nitrogen and oxygen atoms in total. The maximum Gasteiger partial charge on any atom is 0.0434 e. The van der Waals surface area contributed by atoms with Gasteiger partial charge < -0.3 is 5.11 Å². The van der Waals surface area contributed by atoms with Crippen molar-refractivity contribution >= 4 is 0 Å². The number of hydrogen-bond donors (Lipinski definition) is 1. The van der Waals surface area contributed by atoms with Gasteiger partial charge in [0.25, 0.3) is 0 Å². The minimum absolute atomic E-state index is 0.252. The minimum atomic E-state index is 0.252. The van der Waals surface area contributed by atoms with E-state index >= 15 is 0 Å². The summed E-state index contributed by atoms with van der Waals surface area (Å²) in [5.74, 6) is 0. The number of aliphatic hydroxyl groups is 1. The zero-order valence-electron chi connectivity index (χ0n) is 15.8. The van der Waals surface area contributed by atoms with Crippen LogP contribution in [0.1, 0.15) is 37.0 Å². The Hall–Kier alpha value is -2.38. The Morgan fingerprint density at radius 3 is 1.88 bits per heavy atom. The first-order chi connectivity index (χ1) is 12.7. The van der Waals surface area contributed by atoms with Crippen LogP contribution in [-0.4, -0.2) is 11.7 Å². The first-order valence-corrected chi connectivity index (χ1v) is 9.67. The average molecular weight is 344 g/mol. The van der Waals surface area contributed by atoms with Crippen molar-refractivity contribution in [3.63, 3.8) is 0 Å². The molecule has 0 amide bonds. The van der Waals surface area contributed by atoms with Crippen LogP contribution in [0.15, 0.2) is 66.7 Å². The Morgan fingerprint density at radius 2 is 1.27 bits per heavy atom. The smallest absolute Gasteiger partial charge is 0.0434 e. The van der Waals surface area contributed by atoms with Gasteiger partial charge in [0.1, 0.15) is 0 Å². The molecule has 1 heteroatoms. The lowest BCUT2D eigenvalue weighted by Gasteiger charge is -2.12. The standard InChI is InChI=1S/C25H28O/c1-3-19-7-11-22(12-8-19)24-15-16-25(21(4-2)18-24)23-13-9-20(10-14-23)6-5-17-26/h7-16,18,26H,3-6,17H2,1-2H3. The summed E-state index contributed by atoms with van der Waals surface area (Å²) in [6.07, 6.45) is 3.85. The zero-order valence-corrected chi connectivity index (χ0v) is 15.8. The molecule has 0 atom stereocenters. The molecule has 134 valence electrons. The summed E-state index contributed by atoms with van der Waals surface area (Å²) in [6.45, 7) is 4.66. The van der Waals surface area contributed by atoms with Crippen molar-refractivity contribution in [1.29, 1.82) is 0 Å². The van der Waals surface area contributed by atoms with E-state index in [2.05, 4.69) is 80.6 Å². The molecule has 0 unspecified atom stereocenters. The number of aliphatic hydroxyl groups excluding tert-OH is 1. The van der Waals surface area contributed by atoms with Gasteiger partial charge in [-0.3, -0.25) is 0 Å². The quantitative estimate of drug-likeness (QED) is 0.551. The first-order valence-electron chi connectivity index (χ1n) is 9.67. The van der Waals surface area contributed by atoms with E-state index in [1.807, 2.05) is 0 Å². The highest BCUT2D eigenvalue weighted by atomic mass is 16.2. The maximum atomic E-state index is 8.98. The lowest BCUT2D eigenvalue weighted by molar-refractivity contribution is 0.288. The molecule has 3 rings (SSSR count). The van der Waals surface area contributed by atoms with Gasteiger partial charge in [0.2, 0.25) is 0 Å². The summed E-state index contributed by atoms with van der Waals surface area (Å²) >= 11 is 0. The van der Waals surface area contributed by atoms with Crippen LogP contribution in [0.5, 0.6) is 0 Å². The predicted octanol–water partition coefficient (Wildman–Crippen LogP) is 6.07. The molecule has 3 aromatic rings. The second-order valence-electron chi connectivity index (χ2n) is 6.80. The Bertz CT molecular complexity index is 829. The maximum absolute atomic E-state index is 8.98. The van der Waals surface area contributed by atoms with Crippen molar-refractivity contribution in [2.24, 2.45) is 0 Å². The van der Waals surface area contributed by atoms with Crippen molar-refractivity contribution in [3.8, 4) is 22.3 Å².